The van der Waals surface area contributed by atoms with Crippen LogP contribution in [0.15, 0.2) is 0 Å². The van der Waals surface area contributed by atoms with Gasteiger partial charge in [0, 0.05) is 0 Å². The van der Waals surface area contributed by atoms with Crippen molar-refractivity contribution in [3.63, 3.8) is 0 Å². The SMILES string of the molecule is CCCCCCCC(CCCCCCC)CCCCCCC(CCCCCCC)(C(=O)O)C(CCCCCCC)(CCCCCCC)C(CCCCCCC)(CCCCCCC)C(CCCCCCC)(CCCCCCC)C(CCCCCCC)(CCCCCCC)C(CCCCCCC)(CCCCCCC)C(CCCCCCC)(CCCCCCC)C(CCCCCCC)(CCCCCCC)CCCCCCC. The Morgan fingerprint density at radius 1 is 0.132 bits per heavy atom. The van der Waals surface area contributed by atoms with Gasteiger partial charge in [-0.15, -0.1) is 0 Å². The van der Waals surface area contributed by atoms with Crippen molar-refractivity contribution in [1.29, 1.82) is 0 Å². The maximum Gasteiger partial charge on any atom is 0.310 e. The summed E-state index contributed by atoms with van der Waals surface area (Å²) < 4.78 is 0. The Hall–Kier alpha value is -0.530. The molecule has 0 fully saturated rings. The minimum atomic E-state index is -0.845. The molecule has 0 aromatic heterocycles. The molecule has 0 spiro atoms. The van der Waals surface area contributed by atoms with Crippen molar-refractivity contribution in [2.45, 2.75) is 857 Å². The first-order chi connectivity index (χ1) is 70.7. The van der Waals surface area contributed by atoms with Gasteiger partial charge in [0.05, 0.1) is 5.41 Å². The molecule has 2 nitrogen and oxygen atoms in total. The number of carboxylic acid groups (broad SMARTS) is 1. The van der Waals surface area contributed by atoms with E-state index in [9.17, 15) is 0 Å². The molecule has 0 aliphatic carbocycles. The molecule has 0 amide bonds. The van der Waals surface area contributed by atoms with Crippen molar-refractivity contribution in [2.75, 3.05) is 0 Å². The van der Waals surface area contributed by atoms with E-state index in [2.05, 4.69) is 125 Å². The molecular formula is C142H284O2. The average molecular weight is 2020 g/mol. The van der Waals surface area contributed by atoms with Gasteiger partial charge in [-0.05, 0) is 153 Å². The molecule has 2 heteroatoms. The first-order valence-electron chi connectivity index (χ1n) is 69.9. The molecule has 144 heavy (non-hydrogen) atoms. The Bertz CT molecular complexity index is 2400. The number of carbonyl (C=O) groups is 1. The second kappa shape index (κ2) is 102. The Kier molecular flexibility index (Phi) is 101. The summed E-state index contributed by atoms with van der Waals surface area (Å²) in [5.74, 6) is 0.610. The van der Waals surface area contributed by atoms with Crippen LogP contribution >= 0.6 is 0 Å². The van der Waals surface area contributed by atoms with Crippen molar-refractivity contribution in [3.8, 4) is 0 Å². The lowest BCUT2D eigenvalue weighted by Gasteiger charge is -2.79. The Morgan fingerprint density at radius 2 is 0.243 bits per heavy atom. The van der Waals surface area contributed by atoms with Gasteiger partial charge in [-0.2, -0.15) is 0 Å². The Balaban J connectivity index is 13.9. The van der Waals surface area contributed by atoms with E-state index in [0.717, 1.165) is 31.6 Å². The zero-order chi connectivity index (χ0) is 106. The number of aliphatic carboxylic acids is 1. The van der Waals surface area contributed by atoms with E-state index < -0.39 is 10.8 Å². The molecule has 0 bridgehead atoms. The van der Waals surface area contributed by atoms with E-state index in [1.807, 2.05) is 0 Å². The predicted octanol–water partition coefficient (Wildman–Crippen LogP) is 53.4. The summed E-state index contributed by atoms with van der Waals surface area (Å²) in [4.78, 5) is 18.5. The molecule has 1 unspecified atom stereocenters. The van der Waals surface area contributed by atoms with Gasteiger partial charge in [-0.25, -0.2) is 0 Å². The molecule has 0 aromatic carbocycles. The quantitative estimate of drug-likeness (QED) is 0.0616. The van der Waals surface area contributed by atoms with Crippen LogP contribution in [0.2, 0.25) is 0 Å². The molecule has 0 rings (SSSR count). The lowest BCUT2D eigenvalue weighted by Crippen LogP contribution is -2.72. The molecule has 0 heterocycles. The van der Waals surface area contributed by atoms with Crippen LogP contribution in [-0.2, 0) is 4.79 Å². The van der Waals surface area contributed by atoms with Crippen LogP contribution in [0.4, 0.5) is 0 Å². The molecule has 0 aromatic rings. The average Bonchev–Trinajstić information content (AvgIpc) is 0.652. The second-order valence-electron chi connectivity index (χ2n) is 51.0. The van der Waals surface area contributed by atoms with Gasteiger partial charge < -0.3 is 5.11 Å². The highest BCUT2D eigenvalue weighted by atomic mass is 16.4. The van der Waals surface area contributed by atoms with Gasteiger partial charge in [-0.1, -0.05) is 747 Å². The summed E-state index contributed by atoms with van der Waals surface area (Å²) in [6.07, 6.45) is 155. The highest BCUT2D eigenvalue weighted by Gasteiger charge is 2.78. The molecule has 1 N–H and O–H groups in total. The maximum atomic E-state index is 18.5. The summed E-state index contributed by atoms with van der Waals surface area (Å²) in [5, 5.41) is 15.2. The van der Waals surface area contributed by atoms with Crippen molar-refractivity contribution < 1.29 is 9.90 Å². The maximum absolute atomic E-state index is 18.5. The van der Waals surface area contributed by atoms with Gasteiger partial charge in [0.1, 0.15) is 0 Å². The molecule has 0 radical (unpaired) electrons. The van der Waals surface area contributed by atoms with Gasteiger partial charge in [-0.3, -0.25) is 4.79 Å². The van der Waals surface area contributed by atoms with Crippen LogP contribution in [-0.4, -0.2) is 11.1 Å². The number of hydrogen-bond acceptors (Lipinski definition) is 1. The third-order valence-corrected chi connectivity index (χ3v) is 39.8. The molecule has 0 aliphatic heterocycles. The van der Waals surface area contributed by atoms with E-state index in [0.29, 0.717) is 0 Å². The fourth-order valence-corrected chi connectivity index (χ4v) is 31.8. The van der Waals surface area contributed by atoms with Gasteiger partial charge in [0.15, 0.2) is 0 Å². The topological polar surface area (TPSA) is 37.3 Å². The predicted molar refractivity (Wildman–Crippen MR) is 659 cm³/mol. The Labute approximate surface area is 915 Å². The zero-order valence-corrected chi connectivity index (χ0v) is 105. The summed E-state index contributed by atoms with van der Waals surface area (Å²) in [5.41, 5.74) is -1.27. The smallest absolute Gasteiger partial charge is 0.310 e. The molecular weight excluding hydrogens is 1740 g/mol. The first-order valence-corrected chi connectivity index (χ1v) is 69.9. The van der Waals surface area contributed by atoms with Crippen LogP contribution in [0.5, 0.6) is 0 Å². The standard InChI is InChI=1S/C142H284O2/c1-19-37-55-73-93-113-133(114-94-74-56-38-20-2)115-95-75-92-100-120-136(134(143)144,119-99-79-60-42-24-6)138(123-103-82-63-45-27-9,124-104-83-64-46-28-10)140(127-107-86-67-49-31-13,128-108-87-68-50-32-14)142(131-111-90-71-53-35-17,132-112-91-72-54-36-18)141(129-109-88-69-51-33-15,130-110-89-70-52-34-16)139(125-105-84-65-47-29-11,126-106-85-66-48-30-12)137(121-101-80-61-43-25-7,122-102-81-62-44-26-8)135(116-96-76-57-39-21-3,117-97-77-58-40-22-4)118-98-78-59-41-23-5/h133H,19-132H2,1-18H3,(H,143,144). The van der Waals surface area contributed by atoms with Crippen molar-refractivity contribution in [2.24, 2.45) is 49.2 Å². The third-order valence-electron chi connectivity index (χ3n) is 39.8. The minimum absolute atomic E-state index is 0.0329. The monoisotopic (exact) mass is 2020 g/mol. The van der Waals surface area contributed by atoms with E-state index >= 15 is 9.90 Å². The second-order valence-corrected chi connectivity index (χ2v) is 51.0. The first kappa shape index (κ1) is 143. The van der Waals surface area contributed by atoms with Crippen LogP contribution in [0.3, 0.4) is 0 Å². The number of unbranched alkanes of at least 4 members (excludes halogenated alkanes) is 75. The van der Waals surface area contributed by atoms with Crippen molar-refractivity contribution in [3.05, 3.63) is 0 Å². The van der Waals surface area contributed by atoms with Crippen LogP contribution in [0, 0.1) is 49.2 Å². The number of hydrogen-bond donors (Lipinski definition) is 1. The van der Waals surface area contributed by atoms with E-state index in [1.54, 1.807) is 0 Å². The minimum Gasteiger partial charge on any atom is -0.481 e. The van der Waals surface area contributed by atoms with Crippen LogP contribution < -0.4 is 0 Å². The van der Waals surface area contributed by atoms with E-state index in [1.165, 1.54) is 706 Å². The van der Waals surface area contributed by atoms with Gasteiger partial charge in [0.25, 0.3) is 0 Å². The summed E-state index contributed by atoms with van der Waals surface area (Å²) in [6, 6.07) is 0. The van der Waals surface area contributed by atoms with Crippen LogP contribution in [0.1, 0.15) is 857 Å². The summed E-state index contributed by atoms with van der Waals surface area (Å²) in [7, 11) is 0. The van der Waals surface area contributed by atoms with Crippen molar-refractivity contribution >= 4 is 5.97 Å². The van der Waals surface area contributed by atoms with Gasteiger partial charge in [0.2, 0.25) is 0 Å². The van der Waals surface area contributed by atoms with Gasteiger partial charge >= 0.3 is 5.97 Å². The van der Waals surface area contributed by atoms with Crippen LogP contribution in [0.25, 0.3) is 0 Å². The normalized spacial score (nSPS) is 13.2. The molecule has 0 aliphatic rings. The highest BCUT2D eigenvalue weighted by molar-refractivity contribution is 5.76. The lowest BCUT2D eigenvalue weighted by molar-refractivity contribution is -0.307. The molecule has 1 atom stereocenters. The molecule has 0 saturated carbocycles. The number of carboxylic acids is 1. The fourth-order valence-electron chi connectivity index (χ4n) is 31.8. The largest absolute Gasteiger partial charge is 0.481 e. The number of rotatable bonds is 123. The molecule has 0 saturated heterocycles. The molecule has 864 valence electrons. The van der Waals surface area contributed by atoms with E-state index in [4.69, 9.17) is 0 Å². The highest BCUT2D eigenvalue weighted by Crippen LogP contribution is 2.85. The van der Waals surface area contributed by atoms with Crippen molar-refractivity contribution in [1.82, 2.24) is 0 Å². The fraction of sp³-hybridized carbons (Fsp3) is 0.993. The lowest BCUT2D eigenvalue weighted by atomic mass is 9.25. The summed E-state index contributed by atoms with van der Waals surface area (Å²) in [6.45, 7) is 45.4. The summed E-state index contributed by atoms with van der Waals surface area (Å²) >= 11 is 0. The Morgan fingerprint density at radius 3 is 0.396 bits per heavy atom. The third kappa shape index (κ3) is 57.4. The zero-order valence-electron chi connectivity index (χ0n) is 105. The van der Waals surface area contributed by atoms with E-state index in [-0.39, 0.29) is 38.5 Å².